The number of hydrogen-bond donors (Lipinski definition) is 1. The molecule has 0 amide bonds. The summed E-state index contributed by atoms with van der Waals surface area (Å²) in [5.41, 5.74) is 0. The number of anilines is 1. The number of nitrogens with one attached hydrogen (secondary N) is 1. The van der Waals surface area contributed by atoms with Crippen LogP contribution in [0.15, 0.2) is 16.9 Å². The fourth-order valence-electron chi connectivity index (χ4n) is 1.00. The van der Waals surface area contributed by atoms with Crippen LogP contribution in [-0.4, -0.2) is 22.0 Å². The van der Waals surface area contributed by atoms with Crippen LogP contribution in [0.4, 0.5) is 5.82 Å². The van der Waals surface area contributed by atoms with Crippen molar-refractivity contribution in [2.45, 2.75) is 0 Å². The third kappa shape index (κ3) is 2.27. The van der Waals surface area contributed by atoms with Gasteiger partial charge < -0.3 is 5.32 Å². The van der Waals surface area contributed by atoms with Crippen LogP contribution >= 0.6 is 38.9 Å². The normalized spacial score (nSPS) is 10.3. The number of aromatic nitrogens is 3. The van der Waals surface area contributed by atoms with Crippen LogP contribution < -0.4 is 5.32 Å². The summed E-state index contributed by atoms with van der Waals surface area (Å²) in [7, 11) is 1.80. The SMILES string of the molecule is CNc1nc(-c2ncc(Cl)s2)ncc1Br. The van der Waals surface area contributed by atoms with Gasteiger partial charge in [-0.1, -0.05) is 22.9 Å². The van der Waals surface area contributed by atoms with E-state index in [-0.39, 0.29) is 0 Å². The Labute approximate surface area is 104 Å². The first-order valence-electron chi connectivity index (χ1n) is 4.02. The van der Waals surface area contributed by atoms with Crippen LogP contribution in [0.25, 0.3) is 10.8 Å². The molecule has 0 spiro atoms. The van der Waals surface area contributed by atoms with Crippen molar-refractivity contribution >= 4 is 44.7 Å². The highest BCUT2D eigenvalue weighted by molar-refractivity contribution is 9.10. The third-order valence-electron chi connectivity index (χ3n) is 1.65. The molecule has 0 aliphatic rings. The van der Waals surface area contributed by atoms with E-state index >= 15 is 0 Å². The second kappa shape index (κ2) is 4.42. The largest absolute Gasteiger partial charge is 0.372 e. The van der Waals surface area contributed by atoms with Gasteiger partial charge in [-0.25, -0.2) is 15.0 Å². The minimum atomic E-state index is 0.569. The molecule has 0 saturated carbocycles. The lowest BCUT2D eigenvalue weighted by Crippen LogP contribution is -1.97. The number of hydrogen-bond acceptors (Lipinski definition) is 5. The first-order chi connectivity index (χ1) is 7.20. The van der Waals surface area contributed by atoms with E-state index in [0.717, 1.165) is 10.3 Å². The van der Waals surface area contributed by atoms with Crippen molar-refractivity contribution in [2.75, 3.05) is 12.4 Å². The summed E-state index contributed by atoms with van der Waals surface area (Å²) < 4.78 is 1.44. The molecule has 2 heterocycles. The molecule has 0 aliphatic heterocycles. The van der Waals surface area contributed by atoms with Crippen LogP contribution in [0.5, 0.6) is 0 Å². The Bertz CT molecular complexity index is 487. The fraction of sp³-hybridized carbons (Fsp3) is 0.125. The second-order valence-electron chi connectivity index (χ2n) is 2.61. The molecule has 0 unspecified atom stereocenters. The molecule has 0 aliphatic carbocycles. The summed E-state index contributed by atoms with van der Waals surface area (Å²) in [6.07, 6.45) is 3.27. The highest BCUT2D eigenvalue weighted by atomic mass is 79.9. The van der Waals surface area contributed by atoms with Gasteiger partial charge in [0.05, 0.1) is 10.7 Å². The van der Waals surface area contributed by atoms with E-state index in [4.69, 9.17) is 11.6 Å². The zero-order valence-corrected chi connectivity index (χ0v) is 10.8. The minimum Gasteiger partial charge on any atom is -0.372 e. The summed E-state index contributed by atoms with van der Waals surface area (Å²) in [4.78, 5) is 12.6. The van der Waals surface area contributed by atoms with Gasteiger partial charge in [-0.05, 0) is 15.9 Å². The smallest absolute Gasteiger partial charge is 0.190 e. The maximum atomic E-state index is 5.79. The van der Waals surface area contributed by atoms with Crippen molar-refractivity contribution in [1.29, 1.82) is 0 Å². The first-order valence-corrected chi connectivity index (χ1v) is 6.01. The molecule has 0 fully saturated rings. The van der Waals surface area contributed by atoms with Gasteiger partial charge in [0.15, 0.2) is 10.8 Å². The Morgan fingerprint density at radius 2 is 2.20 bits per heavy atom. The van der Waals surface area contributed by atoms with E-state index < -0.39 is 0 Å². The Hall–Kier alpha value is -0.720. The predicted octanol–water partition coefficient (Wildman–Crippen LogP) is 3.06. The topological polar surface area (TPSA) is 50.7 Å². The number of nitrogens with zero attached hydrogens (tertiary/aromatic N) is 3. The van der Waals surface area contributed by atoms with Gasteiger partial charge in [-0.15, -0.1) is 0 Å². The Morgan fingerprint density at radius 1 is 1.40 bits per heavy atom. The van der Waals surface area contributed by atoms with Crippen LogP contribution in [-0.2, 0) is 0 Å². The predicted molar refractivity (Wildman–Crippen MR) is 65.4 cm³/mol. The highest BCUT2D eigenvalue weighted by Crippen LogP contribution is 2.27. The van der Waals surface area contributed by atoms with Crippen molar-refractivity contribution in [3.8, 4) is 10.8 Å². The molecule has 1 N–H and O–H groups in total. The van der Waals surface area contributed by atoms with E-state index in [9.17, 15) is 0 Å². The summed E-state index contributed by atoms with van der Waals surface area (Å²) in [5, 5.41) is 3.67. The summed E-state index contributed by atoms with van der Waals surface area (Å²) in [6.45, 7) is 0. The number of rotatable bonds is 2. The monoisotopic (exact) mass is 304 g/mol. The van der Waals surface area contributed by atoms with Crippen molar-refractivity contribution < 1.29 is 0 Å². The summed E-state index contributed by atoms with van der Waals surface area (Å²) >= 11 is 10.5. The van der Waals surface area contributed by atoms with Gasteiger partial charge >= 0.3 is 0 Å². The quantitative estimate of drug-likeness (QED) is 0.926. The molecule has 78 valence electrons. The van der Waals surface area contributed by atoms with Gasteiger partial charge in [-0.3, -0.25) is 0 Å². The average Bonchev–Trinajstić information content (AvgIpc) is 2.66. The van der Waals surface area contributed by atoms with Gasteiger partial charge in [-0.2, -0.15) is 0 Å². The second-order valence-corrected chi connectivity index (χ2v) is 5.13. The maximum absolute atomic E-state index is 5.79. The minimum absolute atomic E-state index is 0.569. The summed E-state index contributed by atoms with van der Waals surface area (Å²) in [5.74, 6) is 1.30. The Balaban J connectivity index is 2.45. The standard InChI is InChI=1S/C8H6BrClN4S/c1-11-6-4(9)2-12-7(14-6)8-13-3-5(10)15-8/h2-3H,1H3,(H,11,12,14). The van der Waals surface area contributed by atoms with Crippen LogP contribution in [0.2, 0.25) is 4.34 Å². The zero-order chi connectivity index (χ0) is 10.8. The molecular weight excluding hydrogens is 300 g/mol. The van der Waals surface area contributed by atoms with E-state index in [0.29, 0.717) is 15.2 Å². The number of halogens is 2. The lowest BCUT2D eigenvalue weighted by molar-refractivity contribution is 1.14. The van der Waals surface area contributed by atoms with Crippen molar-refractivity contribution in [2.24, 2.45) is 0 Å². The third-order valence-corrected chi connectivity index (χ3v) is 3.34. The van der Waals surface area contributed by atoms with Crippen molar-refractivity contribution in [3.05, 3.63) is 21.2 Å². The number of thiazole rings is 1. The van der Waals surface area contributed by atoms with Gasteiger partial charge in [0.2, 0.25) is 0 Å². The van der Waals surface area contributed by atoms with Crippen molar-refractivity contribution in [1.82, 2.24) is 15.0 Å². The van der Waals surface area contributed by atoms with E-state index in [1.807, 2.05) is 0 Å². The van der Waals surface area contributed by atoms with Crippen LogP contribution in [0.3, 0.4) is 0 Å². The average molecular weight is 306 g/mol. The molecule has 2 aromatic rings. The van der Waals surface area contributed by atoms with E-state index in [1.54, 1.807) is 19.4 Å². The van der Waals surface area contributed by atoms with Gasteiger partial charge in [0, 0.05) is 13.2 Å². The fourth-order valence-corrected chi connectivity index (χ4v) is 2.25. The summed E-state index contributed by atoms with van der Waals surface area (Å²) in [6, 6.07) is 0. The molecule has 0 bridgehead atoms. The van der Waals surface area contributed by atoms with Crippen LogP contribution in [0, 0.1) is 0 Å². The molecule has 7 heteroatoms. The first kappa shape index (κ1) is 10.8. The molecule has 4 nitrogen and oxygen atoms in total. The highest BCUT2D eigenvalue weighted by Gasteiger charge is 2.09. The molecule has 2 aromatic heterocycles. The molecular formula is C8H6BrClN4S. The lowest BCUT2D eigenvalue weighted by Gasteiger charge is -2.02. The molecule has 0 aromatic carbocycles. The van der Waals surface area contributed by atoms with Crippen LogP contribution in [0.1, 0.15) is 0 Å². The maximum Gasteiger partial charge on any atom is 0.190 e. The van der Waals surface area contributed by atoms with Gasteiger partial charge in [0.25, 0.3) is 0 Å². The Kier molecular flexibility index (Phi) is 3.18. The van der Waals surface area contributed by atoms with E-state index in [2.05, 4.69) is 36.2 Å². The molecule has 2 rings (SSSR count). The zero-order valence-electron chi connectivity index (χ0n) is 7.66. The molecule has 15 heavy (non-hydrogen) atoms. The molecule has 0 radical (unpaired) electrons. The Morgan fingerprint density at radius 3 is 2.80 bits per heavy atom. The molecule has 0 saturated heterocycles. The van der Waals surface area contributed by atoms with Crippen molar-refractivity contribution in [3.63, 3.8) is 0 Å². The van der Waals surface area contributed by atoms with Gasteiger partial charge in [0.1, 0.15) is 10.2 Å². The van der Waals surface area contributed by atoms with E-state index in [1.165, 1.54) is 11.3 Å². The molecule has 0 atom stereocenters. The lowest BCUT2D eigenvalue weighted by atomic mass is 10.5.